The summed E-state index contributed by atoms with van der Waals surface area (Å²) in [6, 6.07) is 7.58. The fourth-order valence-electron chi connectivity index (χ4n) is 1.26. The number of isocyanates is 1. The Morgan fingerprint density at radius 2 is 2.40 bits per heavy atom. The van der Waals surface area contributed by atoms with Crippen LogP contribution >= 0.6 is 0 Å². The molecule has 0 aliphatic rings. The highest BCUT2D eigenvalue weighted by molar-refractivity contribution is 5.37. The number of nitrogens with zero attached hydrogens (tertiary/aromatic N) is 4. The normalized spacial score (nSPS) is 9.60. The summed E-state index contributed by atoms with van der Waals surface area (Å²) in [4.78, 5) is 17.3. The molecule has 0 N–H and O–H groups in total. The predicted molar refractivity (Wildman–Crippen MR) is 53.2 cm³/mol. The minimum Gasteiger partial charge on any atom is -0.223 e. The molecular formula is C10H8N4O. The van der Waals surface area contributed by atoms with Crippen LogP contribution in [0.3, 0.4) is 0 Å². The van der Waals surface area contributed by atoms with E-state index in [1.54, 1.807) is 11.0 Å². The third-order valence-corrected chi connectivity index (χ3v) is 1.92. The summed E-state index contributed by atoms with van der Waals surface area (Å²) < 4.78 is 1.65. The molecule has 5 nitrogen and oxygen atoms in total. The van der Waals surface area contributed by atoms with Crippen LogP contribution in [0.4, 0.5) is 0 Å². The molecule has 0 unspecified atom stereocenters. The first-order valence-electron chi connectivity index (χ1n) is 4.38. The van der Waals surface area contributed by atoms with Gasteiger partial charge in [0.25, 0.3) is 0 Å². The highest BCUT2D eigenvalue weighted by atomic mass is 16.1. The number of rotatable bonds is 3. The molecule has 15 heavy (non-hydrogen) atoms. The van der Waals surface area contributed by atoms with E-state index < -0.39 is 0 Å². The molecule has 0 spiro atoms. The van der Waals surface area contributed by atoms with Crippen LogP contribution in [-0.2, 0) is 11.3 Å². The molecule has 0 aliphatic carbocycles. The average molecular weight is 200 g/mol. The number of hydrogen-bond donors (Lipinski definition) is 0. The zero-order chi connectivity index (χ0) is 10.5. The quantitative estimate of drug-likeness (QED) is 0.550. The lowest BCUT2D eigenvalue weighted by Crippen LogP contribution is -1.95. The maximum atomic E-state index is 9.97. The summed E-state index contributed by atoms with van der Waals surface area (Å²) in [5.41, 5.74) is 1.83. The number of carbonyl (C=O) groups excluding carboxylic acids is 1. The molecular weight excluding hydrogens is 192 g/mol. The zero-order valence-electron chi connectivity index (χ0n) is 7.87. The summed E-state index contributed by atoms with van der Waals surface area (Å²) in [6.45, 7) is 0.339. The minimum atomic E-state index is 0.339. The first-order valence-corrected chi connectivity index (χ1v) is 4.38. The Labute approximate surface area is 86.1 Å². The van der Waals surface area contributed by atoms with Crippen molar-refractivity contribution in [3.63, 3.8) is 0 Å². The van der Waals surface area contributed by atoms with Crippen molar-refractivity contribution in [2.45, 2.75) is 6.54 Å². The SMILES string of the molecule is O=C=NCc1cccc(-n2cncn2)c1. The molecule has 0 radical (unpaired) electrons. The fraction of sp³-hybridized carbons (Fsp3) is 0.100. The maximum Gasteiger partial charge on any atom is 0.235 e. The topological polar surface area (TPSA) is 60.1 Å². The molecule has 0 saturated carbocycles. The van der Waals surface area contributed by atoms with E-state index in [0.29, 0.717) is 6.54 Å². The van der Waals surface area contributed by atoms with Crippen LogP contribution in [0.5, 0.6) is 0 Å². The Bertz CT molecular complexity index is 486. The van der Waals surface area contributed by atoms with Gasteiger partial charge in [-0.15, -0.1) is 0 Å². The van der Waals surface area contributed by atoms with Gasteiger partial charge in [0.2, 0.25) is 6.08 Å². The maximum absolute atomic E-state index is 9.97. The van der Waals surface area contributed by atoms with E-state index in [-0.39, 0.29) is 0 Å². The predicted octanol–water partition coefficient (Wildman–Crippen LogP) is 1.10. The van der Waals surface area contributed by atoms with Gasteiger partial charge in [0.1, 0.15) is 12.7 Å². The van der Waals surface area contributed by atoms with Gasteiger partial charge in [-0.2, -0.15) is 5.10 Å². The van der Waals surface area contributed by atoms with Crippen molar-refractivity contribution in [3.05, 3.63) is 42.5 Å². The zero-order valence-corrected chi connectivity index (χ0v) is 7.87. The molecule has 2 aromatic rings. The van der Waals surface area contributed by atoms with Gasteiger partial charge in [-0.25, -0.2) is 19.5 Å². The molecule has 1 aromatic heterocycles. The Kier molecular flexibility index (Phi) is 2.67. The molecule has 2 rings (SSSR count). The molecule has 0 amide bonds. The van der Waals surface area contributed by atoms with Crippen molar-refractivity contribution in [1.82, 2.24) is 14.8 Å². The average Bonchev–Trinajstić information content (AvgIpc) is 2.80. The molecule has 1 heterocycles. The van der Waals surface area contributed by atoms with Gasteiger partial charge in [0.05, 0.1) is 12.2 Å². The van der Waals surface area contributed by atoms with Crippen molar-refractivity contribution in [2.75, 3.05) is 0 Å². The van der Waals surface area contributed by atoms with E-state index in [1.807, 2.05) is 24.3 Å². The summed E-state index contributed by atoms with van der Waals surface area (Å²) in [7, 11) is 0. The molecule has 0 saturated heterocycles. The van der Waals surface area contributed by atoms with E-state index in [9.17, 15) is 4.79 Å². The van der Waals surface area contributed by atoms with E-state index in [2.05, 4.69) is 15.1 Å². The molecule has 0 atom stereocenters. The van der Waals surface area contributed by atoms with Crippen molar-refractivity contribution >= 4 is 6.08 Å². The van der Waals surface area contributed by atoms with Gasteiger partial charge in [0.15, 0.2) is 0 Å². The van der Waals surface area contributed by atoms with E-state index in [4.69, 9.17) is 0 Å². The van der Waals surface area contributed by atoms with Gasteiger partial charge in [-0.1, -0.05) is 12.1 Å². The van der Waals surface area contributed by atoms with E-state index in [0.717, 1.165) is 11.3 Å². The molecule has 5 heteroatoms. The summed E-state index contributed by atoms with van der Waals surface area (Å²) in [5.74, 6) is 0. The molecule has 0 aliphatic heterocycles. The number of aromatic nitrogens is 3. The highest BCUT2D eigenvalue weighted by Gasteiger charge is 1.97. The molecule has 0 fully saturated rings. The van der Waals surface area contributed by atoms with Crippen LogP contribution < -0.4 is 0 Å². The van der Waals surface area contributed by atoms with Crippen molar-refractivity contribution in [2.24, 2.45) is 4.99 Å². The molecule has 1 aromatic carbocycles. The van der Waals surface area contributed by atoms with E-state index >= 15 is 0 Å². The first-order chi connectivity index (χ1) is 7.40. The Morgan fingerprint density at radius 3 is 3.13 bits per heavy atom. The van der Waals surface area contributed by atoms with Crippen LogP contribution in [0.2, 0.25) is 0 Å². The van der Waals surface area contributed by atoms with Crippen molar-refractivity contribution in [3.8, 4) is 5.69 Å². The van der Waals surface area contributed by atoms with Crippen molar-refractivity contribution in [1.29, 1.82) is 0 Å². The van der Waals surface area contributed by atoms with Gasteiger partial charge in [0, 0.05) is 0 Å². The van der Waals surface area contributed by atoms with Gasteiger partial charge in [-0.05, 0) is 17.7 Å². The van der Waals surface area contributed by atoms with Crippen LogP contribution in [-0.4, -0.2) is 20.8 Å². The summed E-state index contributed by atoms with van der Waals surface area (Å²) in [5, 5.41) is 4.01. The monoisotopic (exact) mass is 200 g/mol. The van der Waals surface area contributed by atoms with Gasteiger partial charge in [-0.3, -0.25) is 0 Å². The lowest BCUT2D eigenvalue weighted by atomic mass is 10.2. The third kappa shape index (κ3) is 2.15. The second-order valence-electron chi connectivity index (χ2n) is 2.92. The Balaban J connectivity index is 2.30. The summed E-state index contributed by atoms with van der Waals surface area (Å²) >= 11 is 0. The lowest BCUT2D eigenvalue weighted by Gasteiger charge is -2.01. The van der Waals surface area contributed by atoms with Crippen LogP contribution in [0.1, 0.15) is 5.56 Å². The van der Waals surface area contributed by atoms with Gasteiger partial charge < -0.3 is 0 Å². The Hall–Kier alpha value is -2.26. The largest absolute Gasteiger partial charge is 0.235 e. The minimum absolute atomic E-state index is 0.339. The second-order valence-corrected chi connectivity index (χ2v) is 2.92. The third-order valence-electron chi connectivity index (χ3n) is 1.92. The van der Waals surface area contributed by atoms with E-state index in [1.165, 1.54) is 12.4 Å². The summed E-state index contributed by atoms with van der Waals surface area (Å²) in [6.07, 6.45) is 4.59. The lowest BCUT2D eigenvalue weighted by molar-refractivity contribution is 0.563. The smallest absolute Gasteiger partial charge is 0.223 e. The highest BCUT2D eigenvalue weighted by Crippen LogP contribution is 2.09. The number of hydrogen-bond acceptors (Lipinski definition) is 4. The second kappa shape index (κ2) is 4.30. The molecule has 0 bridgehead atoms. The van der Waals surface area contributed by atoms with Gasteiger partial charge >= 0.3 is 0 Å². The van der Waals surface area contributed by atoms with Crippen molar-refractivity contribution < 1.29 is 4.79 Å². The molecule has 74 valence electrons. The van der Waals surface area contributed by atoms with Crippen LogP contribution in [0, 0.1) is 0 Å². The van der Waals surface area contributed by atoms with Crippen LogP contribution in [0.15, 0.2) is 41.9 Å². The number of benzene rings is 1. The standard InChI is InChI=1S/C10H8N4O/c15-8-11-5-9-2-1-3-10(4-9)14-7-12-6-13-14/h1-4,6-7H,5H2. The fourth-order valence-corrected chi connectivity index (χ4v) is 1.26. The Morgan fingerprint density at radius 1 is 1.47 bits per heavy atom. The number of aliphatic imine (C=N–C) groups is 1. The first kappa shape index (κ1) is 9.30. The van der Waals surface area contributed by atoms with Crippen LogP contribution in [0.25, 0.3) is 5.69 Å².